The Kier molecular flexibility index (Phi) is 3.47. The number of phenols is 1. The van der Waals surface area contributed by atoms with E-state index in [1.165, 1.54) is 25.6 Å². The molecule has 0 aliphatic carbocycles. The number of ether oxygens (including phenoxy) is 1. The number of aromatic nitrogens is 2. The Bertz CT molecular complexity index is 538. The van der Waals surface area contributed by atoms with E-state index < -0.39 is 0 Å². The molecule has 0 bridgehead atoms. The summed E-state index contributed by atoms with van der Waals surface area (Å²) in [5.74, 6) is 0.231. The van der Waals surface area contributed by atoms with Gasteiger partial charge in [-0.15, -0.1) is 0 Å². The van der Waals surface area contributed by atoms with Crippen LogP contribution in [-0.4, -0.2) is 22.2 Å². The van der Waals surface area contributed by atoms with Crippen molar-refractivity contribution in [3.8, 4) is 11.5 Å². The molecule has 0 fully saturated rings. The van der Waals surface area contributed by atoms with Crippen LogP contribution in [0.1, 0.15) is 0 Å². The first-order valence-electron chi connectivity index (χ1n) is 3.97. The van der Waals surface area contributed by atoms with E-state index in [1.807, 2.05) is 0 Å². The van der Waals surface area contributed by atoms with Gasteiger partial charge < -0.3 is 14.8 Å². The van der Waals surface area contributed by atoms with Crippen LogP contribution in [0.4, 0.5) is 0 Å². The first-order chi connectivity index (χ1) is 6.72. The maximum atomic E-state index is 11.3. The molecule has 0 amide bonds. The molecule has 78 valence electrons. The maximum Gasteiger partial charge on any atom is 0.258 e. The van der Waals surface area contributed by atoms with Crippen molar-refractivity contribution in [2.75, 3.05) is 7.11 Å². The molecule has 2 aromatic rings. The normalized spacial score (nSPS) is 9.67. The van der Waals surface area contributed by atoms with E-state index in [2.05, 4.69) is 9.97 Å². The molecule has 0 atom stereocenters. The number of nitrogens with one attached hydrogen (secondary N) is 1. The van der Waals surface area contributed by atoms with E-state index in [0.29, 0.717) is 16.7 Å². The van der Waals surface area contributed by atoms with Crippen LogP contribution in [0.2, 0.25) is 0 Å². The zero-order chi connectivity index (χ0) is 10.1. The van der Waals surface area contributed by atoms with Gasteiger partial charge in [0.15, 0.2) is 11.5 Å². The summed E-state index contributed by atoms with van der Waals surface area (Å²) in [5, 5.41) is 9.77. The summed E-state index contributed by atoms with van der Waals surface area (Å²) in [6.45, 7) is 0. The second-order valence-corrected chi connectivity index (χ2v) is 2.77. The summed E-state index contributed by atoms with van der Waals surface area (Å²) < 4.78 is 4.89. The monoisotopic (exact) mass is 376 g/mol. The van der Waals surface area contributed by atoms with Crippen molar-refractivity contribution in [1.29, 1.82) is 0 Å². The minimum absolute atomic E-state index is 0. The quantitative estimate of drug-likeness (QED) is 0.766. The summed E-state index contributed by atoms with van der Waals surface area (Å²) in [6.07, 6.45) is 1.31. The van der Waals surface area contributed by atoms with Crippen molar-refractivity contribution in [2.45, 2.75) is 0 Å². The van der Waals surface area contributed by atoms with Crippen molar-refractivity contribution in [1.82, 2.24) is 9.97 Å². The predicted octanol–water partition coefficient (Wildman–Crippen LogP) is 0.635. The number of benzene rings is 1. The summed E-state index contributed by atoms with van der Waals surface area (Å²) in [6, 6.07) is 2.85. The molecule has 15 heavy (non-hydrogen) atoms. The largest absolute Gasteiger partial charge is 0.504 e. The van der Waals surface area contributed by atoms with Crippen LogP contribution in [0.15, 0.2) is 23.3 Å². The number of methoxy groups -OCH3 is 1. The van der Waals surface area contributed by atoms with E-state index in [9.17, 15) is 9.90 Å². The first kappa shape index (κ1) is 11.7. The molecule has 0 saturated carbocycles. The number of rotatable bonds is 1. The number of fused-ring (bicyclic) bond motifs is 1. The molecular weight excluding hydrogens is 368 g/mol. The molecule has 1 heterocycles. The zero-order valence-electron chi connectivity index (χ0n) is 7.85. The molecule has 1 aromatic heterocycles. The van der Waals surface area contributed by atoms with Gasteiger partial charge in [0.05, 0.1) is 24.3 Å². The number of hydrogen-bond donors (Lipinski definition) is 2. The van der Waals surface area contributed by atoms with Crippen LogP contribution in [0, 0.1) is 0 Å². The molecule has 0 aliphatic heterocycles. The third kappa shape index (κ3) is 2.02. The molecule has 5 nitrogen and oxygen atoms in total. The summed E-state index contributed by atoms with van der Waals surface area (Å²) in [7, 11) is 1.44. The third-order valence-electron chi connectivity index (χ3n) is 1.94. The minimum Gasteiger partial charge on any atom is -0.504 e. The van der Waals surface area contributed by atoms with Crippen LogP contribution in [0.25, 0.3) is 10.9 Å². The van der Waals surface area contributed by atoms with Gasteiger partial charge in [-0.2, -0.15) is 0 Å². The molecule has 0 radical (unpaired) electrons. The Morgan fingerprint density at radius 3 is 2.87 bits per heavy atom. The second-order valence-electron chi connectivity index (χ2n) is 2.77. The Balaban J connectivity index is 0.00000112. The van der Waals surface area contributed by atoms with Crippen molar-refractivity contribution in [3.63, 3.8) is 0 Å². The van der Waals surface area contributed by atoms with Gasteiger partial charge in [-0.25, -0.2) is 4.98 Å². The van der Waals surface area contributed by atoms with Gasteiger partial charge in [0, 0.05) is 27.1 Å². The van der Waals surface area contributed by atoms with Gasteiger partial charge in [0.25, 0.3) is 5.56 Å². The number of nitrogens with zero attached hydrogens (tertiary/aromatic N) is 1. The Labute approximate surface area is 99.4 Å². The standard InChI is InChI=1S/C9H8N2O3.W/c1-14-8-3-6-5(2-7(8)12)9(13)11-4-10-6;/h2-4,12H,1H3,(H,10,11,13);. The average Bonchev–Trinajstić information content (AvgIpc) is 2.19. The van der Waals surface area contributed by atoms with Crippen LogP contribution in [-0.2, 0) is 21.1 Å². The zero-order valence-corrected chi connectivity index (χ0v) is 10.8. The van der Waals surface area contributed by atoms with Crippen molar-refractivity contribution >= 4 is 10.9 Å². The average molecular weight is 376 g/mol. The molecule has 2 rings (SSSR count). The summed E-state index contributed by atoms with van der Waals surface area (Å²) in [4.78, 5) is 17.6. The number of phenolic OH excluding ortho intramolecular Hbond substituents is 1. The Morgan fingerprint density at radius 2 is 2.20 bits per heavy atom. The van der Waals surface area contributed by atoms with Gasteiger partial charge in [0.1, 0.15) is 0 Å². The molecule has 0 saturated heterocycles. The topological polar surface area (TPSA) is 75.2 Å². The smallest absolute Gasteiger partial charge is 0.258 e. The predicted molar refractivity (Wildman–Crippen MR) is 50.6 cm³/mol. The van der Waals surface area contributed by atoms with E-state index >= 15 is 0 Å². The van der Waals surface area contributed by atoms with E-state index in [1.54, 1.807) is 0 Å². The van der Waals surface area contributed by atoms with Crippen LogP contribution >= 0.6 is 0 Å². The number of aromatic amines is 1. The SMILES string of the molecule is COc1cc2nc[nH]c(=O)c2cc1O.[W]. The van der Waals surface area contributed by atoms with Crippen LogP contribution < -0.4 is 10.3 Å². The first-order valence-corrected chi connectivity index (χ1v) is 3.97. The molecular formula is C9H8N2O3W. The van der Waals surface area contributed by atoms with Gasteiger partial charge in [-0.3, -0.25) is 4.79 Å². The second kappa shape index (κ2) is 4.45. The van der Waals surface area contributed by atoms with E-state index in [4.69, 9.17) is 4.74 Å². The Morgan fingerprint density at radius 1 is 1.47 bits per heavy atom. The Hall–Kier alpha value is -1.35. The van der Waals surface area contributed by atoms with Crippen molar-refractivity contribution in [3.05, 3.63) is 28.8 Å². The fourth-order valence-corrected chi connectivity index (χ4v) is 1.25. The van der Waals surface area contributed by atoms with Crippen LogP contribution in [0.3, 0.4) is 0 Å². The van der Waals surface area contributed by atoms with Crippen molar-refractivity contribution in [2.24, 2.45) is 0 Å². The van der Waals surface area contributed by atoms with Gasteiger partial charge in [-0.05, 0) is 6.07 Å². The molecule has 0 aliphatic rings. The number of hydrogen-bond acceptors (Lipinski definition) is 4. The molecule has 2 N–H and O–H groups in total. The number of aromatic hydroxyl groups is 1. The van der Waals surface area contributed by atoms with E-state index in [0.717, 1.165) is 0 Å². The molecule has 1 aromatic carbocycles. The van der Waals surface area contributed by atoms with E-state index in [-0.39, 0.29) is 32.4 Å². The molecule has 0 spiro atoms. The molecule has 0 unspecified atom stereocenters. The van der Waals surface area contributed by atoms with Gasteiger partial charge in [0.2, 0.25) is 0 Å². The minimum atomic E-state index is -0.284. The van der Waals surface area contributed by atoms with Gasteiger partial charge >= 0.3 is 0 Å². The maximum absolute atomic E-state index is 11.3. The molecule has 6 heteroatoms. The fourth-order valence-electron chi connectivity index (χ4n) is 1.25. The van der Waals surface area contributed by atoms with Crippen LogP contribution in [0.5, 0.6) is 11.5 Å². The number of H-pyrrole nitrogens is 1. The van der Waals surface area contributed by atoms with Gasteiger partial charge in [-0.1, -0.05) is 0 Å². The third-order valence-corrected chi connectivity index (χ3v) is 1.94. The van der Waals surface area contributed by atoms with Crippen molar-refractivity contribution < 1.29 is 30.9 Å². The summed E-state index contributed by atoms with van der Waals surface area (Å²) in [5.41, 5.74) is 0.205. The summed E-state index contributed by atoms with van der Waals surface area (Å²) >= 11 is 0. The fraction of sp³-hybridized carbons (Fsp3) is 0.111.